The van der Waals surface area contributed by atoms with Gasteiger partial charge in [-0.2, -0.15) is 0 Å². The van der Waals surface area contributed by atoms with Gasteiger partial charge in [0.2, 0.25) is 5.91 Å². The topological polar surface area (TPSA) is 66.1 Å². The van der Waals surface area contributed by atoms with Crippen LogP contribution >= 0.6 is 0 Å². The third kappa shape index (κ3) is 5.32. The summed E-state index contributed by atoms with van der Waals surface area (Å²) in [6.07, 6.45) is 3.08. The van der Waals surface area contributed by atoms with Crippen LogP contribution in [0.5, 0.6) is 11.5 Å². The highest BCUT2D eigenvalue weighted by atomic mass is 16.5. The van der Waals surface area contributed by atoms with Gasteiger partial charge in [-0.15, -0.1) is 0 Å². The van der Waals surface area contributed by atoms with Crippen molar-refractivity contribution in [2.24, 2.45) is 5.92 Å². The monoisotopic (exact) mass is 450 g/mol. The van der Waals surface area contributed by atoms with E-state index in [1.807, 2.05) is 24.3 Å². The Labute approximate surface area is 196 Å². The highest BCUT2D eigenvalue weighted by Gasteiger charge is 2.36. The summed E-state index contributed by atoms with van der Waals surface area (Å²) < 4.78 is 11.1. The molecule has 33 heavy (non-hydrogen) atoms. The second-order valence-corrected chi connectivity index (χ2v) is 9.44. The van der Waals surface area contributed by atoms with Gasteiger partial charge in [-0.3, -0.25) is 20.5 Å². The minimum atomic E-state index is 0.265. The molecule has 3 atom stereocenters. The van der Waals surface area contributed by atoms with E-state index in [0.29, 0.717) is 31.2 Å². The molecule has 7 nitrogen and oxygen atoms in total. The molecule has 0 saturated carbocycles. The molecule has 3 aliphatic rings. The molecule has 0 spiro atoms. The molecule has 0 aliphatic carbocycles. The van der Waals surface area contributed by atoms with Crippen molar-refractivity contribution >= 4 is 5.91 Å². The maximum atomic E-state index is 12.9. The van der Waals surface area contributed by atoms with Gasteiger partial charge in [-0.1, -0.05) is 24.3 Å². The molecule has 0 bridgehead atoms. The molecule has 0 radical (unpaired) electrons. The highest BCUT2D eigenvalue weighted by molar-refractivity contribution is 5.78. The molecule has 3 unspecified atom stereocenters. The van der Waals surface area contributed by atoms with Gasteiger partial charge in [0.25, 0.3) is 0 Å². The number of likely N-dealkylation sites (tertiary alicyclic amines) is 1. The molecule has 176 valence electrons. The van der Waals surface area contributed by atoms with E-state index in [1.165, 1.54) is 11.1 Å². The summed E-state index contributed by atoms with van der Waals surface area (Å²) in [6, 6.07) is 17.0. The zero-order chi connectivity index (χ0) is 22.6. The second kappa shape index (κ2) is 10.1. The number of methoxy groups -OCH3 is 1. The fourth-order valence-corrected chi connectivity index (χ4v) is 5.29. The number of amides is 1. The number of hydrogen-bond acceptors (Lipinski definition) is 6. The number of ether oxygens (including phenoxy) is 2. The van der Waals surface area contributed by atoms with Crippen molar-refractivity contribution in [1.29, 1.82) is 0 Å². The Morgan fingerprint density at radius 3 is 2.48 bits per heavy atom. The number of hydrazine groups is 1. The van der Waals surface area contributed by atoms with E-state index in [-0.39, 0.29) is 5.91 Å². The van der Waals surface area contributed by atoms with Gasteiger partial charge in [0.15, 0.2) is 0 Å². The summed E-state index contributed by atoms with van der Waals surface area (Å²) in [5, 5.41) is 0. The lowest BCUT2D eigenvalue weighted by Gasteiger charge is -2.22. The summed E-state index contributed by atoms with van der Waals surface area (Å²) in [6.45, 7) is 4.68. The average Bonchev–Trinajstić information content (AvgIpc) is 3.58. The molecule has 2 fully saturated rings. The Hall–Kier alpha value is -2.61. The molecule has 0 aromatic heterocycles. The molecule has 3 heterocycles. The first-order valence-corrected chi connectivity index (χ1v) is 12.0. The predicted octanol–water partition coefficient (Wildman–Crippen LogP) is 2.56. The molecule has 2 aromatic rings. The van der Waals surface area contributed by atoms with Crippen LogP contribution in [0, 0.1) is 5.92 Å². The van der Waals surface area contributed by atoms with E-state index in [9.17, 15) is 4.79 Å². The normalized spacial score (nSPS) is 24.8. The number of carbonyl (C=O) groups is 1. The van der Waals surface area contributed by atoms with E-state index in [2.05, 4.69) is 44.9 Å². The van der Waals surface area contributed by atoms with Gasteiger partial charge in [-0.25, -0.2) is 0 Å². The van der Waals surface area contributed by atoms with Crippen LogP contribution in [0.4, 0.5) is 0 Å². The molecule has 2 N–H and O–H groups in total. The zero-order valence-electron chi connectivity index (χ0n) is 19.3. The first-order valence-electron chi connectivity index (χ1n) is 12.0. The molecule has 3 aliphatic heterocycles. The Balaban J connectivity index is 1.02. The number of rotatable bonds is 8. The van der Waals surface area contributed by atoms with Gasteiger partial charge < -0.3 is 14.4 Å². The Morgan fingerprint density at radius 2 is 1.76 bits per heavy atom. The van der Waals surface area contributed by atoms with Crippen molar-refractivity contribution in [3.63, 3.8) is 0 Å². The molecule has 2 aromatic carbocycles. The summed E-state index contributed by atoms with van der Waals surface area (Å²) in [7, 11) is 1.66. The van der Waals surface area contributed by atoms with Crippen molar-refractivity contribution in [2.45, 2.75) is 44.4 Å². The van der Waals surface area contributed by atoms with Gasteiger partial charge in [0, 0.05) is 38.3 Å². The van der Waals surface area contributed by atoms with Crippen LogP contribution in [-0.2, 0) is 17.9 Å². The fraction of sp³-hybridized carbons (Fsp3) is 0.500. The van der Waals surface area contributed by atoms with Gasteiger partial charge in [-0.05, 0) is 60.6 Å². The third-order valence-corrected chi connectivity index (χ3v) is 7.22. The first kappa shape index (κ1) is 22.2. The van der Waals surface area contributed by atoms with Crippen molar-refractivity contribution in [3.8, 4) is 11.5 Å². The number of fused-ring (bicyclic) bond motifs is 1. The Bertz CT molecular complexity index is 926. The quantitative estimate of drug-likeness (QED) is 0.645. The smallest absolute Gasteiger partial charge is 0.236 e. The van der Waals surface area contributed by atoms with Gasteiger partial charge >= 0.3 is 0 Å². The molecule has 1 amide bonds. The van der Waals surface area contributed by atoms with Crippen molar-refractivity contribution in [3.05, 3.63) is 59.7 Å². The SMILES string of the molecule is COc1ccc(OCCC2CC(C3CCN(C(=O)CN4Cc5ccccc5C4)C3)NN2)cc1. The standard InChI is InChI=1S/C26H34N4O3/c1-32-23-6-8-24(9-7-23)33-13-11-22-14-25(28-27-22)21-10-12-30(17-21)26(31)18-29-15-19-4-2-3-5-20(19)16-29/h2-9,21-22,25,27-28H,10-18H2,1H3. The van der Waals surface area contributed by atoms with Crippen LogP contribution in [0.2, 0.25) is 0 Å². The number of nitrogens with one attached hydrogen (secondary N) is 2. The Kier molecular flexibility index (Phi) is 6.80. The molecular weight excluding hydrogens is 416 g/mol. The van der Waals surface area contributed by atoms with Gasteiger partial charge in [0.05, 0.1) is 20.3 Å². The van der Waals surface area contributed by atoms with Crippen LogP contribution in [0.3, 0.4) is 0 Å². The number of hydrogen-bond donors (Lipinski definition) is 2. The number of carbonyl (C=O) groups excluding carboxylic acids is 1. The predicted molar refractivity (Wildman–Crippen MR) is 127 cm³/mol. The lowest BCUT2D eigenvalue weighted by atomic mass is 9.94. The first-order chi connectivity index (χ1) is 16.2. The summed E-state index contributed by atoms with van der Waals surface area (Å²) >= 11 is 0. The average molecular weight is 451 g/mol. The largest absolute Gasteiger partial charge is 0.497 e. The van der Waals surface area contributed by atoms with Crippen molar-refractivity contribution in [1.82, 2.24) is 20.7 Å². The zero-order valence-corrected chi connectivity index (χ0v) is 19.3. The van der Waals surface area contributed by atoms with Crippen LogP contribution in [0.25, 0.3) is 0 Å². The number of nitrogens with zero attached hydrogens (tertiary/aromatic N) is 2. The minimum Gasteiger partial charge on any atom is -0.497 e. The van der Waals surface area contributed by atoms with E-state index >= 15 is 0 Å². The fourth-order valence-electron chi connectivity index (χ4n) is 5.29. The second-order valence-electron chi connectivity index (χ2n) is 9.44. The minimum absolute atomic E-state index is 0.265. The van der Waals surface area contributed by atoms with Crippen LogP contribution < -0.4 is 20.3 Å². The lowest BCUT2D eigenvalue weighted by molar-refractivity contribution is -0.131. The highest BCUT2D eigenvalue weighted by Crippen LogP contribution is 2.27. The van der Waals surface area contributed by atoms with Gasteiger partial charge in [0.1, 0.15) is 11.5 Å². The lowest BCUT2D eigenvalue weighted by Crippen LogP contribution is -2.40. The summed E-state index contributed by atoms with van der Waals surface area (Å²) in [5.74, 6) is 2.47. The molecule has 2 saturated heterocycles. The maximum absolute atomic E-state index is 12.9. The molecule has 5 rings (SSSR count). The van der Waals surface area contributed by atoms with Crippen LogP contribution in [0.15, 0.2) is 48.5 Å². The van der Waals surface area contributed by atoms with E-state index in [1.54, 1.807) is 7.11 Å². The summed E-state index contributed by atoms with van der Waals surface area (Å²) in [5.41, 5.74) is 9.63. The molecular formula is C26H34N4O3. The van der Waals surface area contributed by atoms with Crippen molar-refractivity contribution in [2.75, 3.05) is 33.4 Å². The van der Waals surface area contributed by atoms with Crippen LogP contribution in [-0.4, -0.2) is 61.1 Å². The Morgan fingerprint density at radius 1 is 1.03 bits per heavy atom. The van der Waals surface area contributed by atoms with E-state index < -0.39 is 0 Å². The summed E-state index contributed by atoms with van der Waals surface area (Å²) in [4.78, 5) is 17.2. The number of benzene rings is 2. The van der Waals surface area contributed by atoms with Crippen molar-refractivity contribution < 1.29 is 14.3 Å². The maximum Gasteiger partial charge on any atom is 0.236 e. The third-order valence-electron chi connectivity index (χ3n) is 7.22. The van der Waals surface area contributed by atoms with Crippen LogP contribution in [0.1, 0.15) is 30.4 Å². The van der Waals surface area contributed by atoms with E-state index in [0.717, 1.165) is 56.9 Å². The van der Waals surface area contributed by atoms with E-state index in [4.69, 9.17) is 9.47 Å². The molecule has 7 heteroatoms.